The summed E-state index contributed by atoms with van der Waals surface area (Å²) in [4.78, 5) is 28.7. The van der Waals surface area contributed by atoms with Gasteiger partial charge in [0.1, 0.15) is 12.6 Å². The van der Waals surface area contributed by atoms with E-state index >= 15 is 0 Å². The molecule has 2 amide bonds. The molecule has 1 N–H and O–H groups in total. The first-order valence-electron chi connectivity index (χ1n) is 12.4. The van der Waals surface area contributed by atoms with E-state index in [0.29, 0.717) is 17.3 Å². The summed E-state index contributed by atoms with van der Waals surface area (Å²) >= 11 is 6.06. The molecule has 0 fully saturated rings. The minimum absolute atomic E-state index is 0.106. The number of nitrogens with one attached hydrogen (secondary N) is 1. The van der Waals surface area contributed by atoms with Crippen molar-refractivity contribution < 1.29 is 18.0 Å². The quantitative estimate of drug-likeness (QED) is 0.377. The predicted octanol–water partition coefficient (Wildman–Crippen LogP) is 4.50. The van der Waals surface area contributed by atoms with E-state index < -0.39 is 28.5 Å². The summed E-state index contributed by atoms with van der Waals surface area (Å²) < 4.78 is 26.8. The van der Waals surface area contributed by atoms with E-state index in [4.69, 9.17) is 11.6 Å². The van der Waals surface area contributed by atoms with Crippen LogP contribution in [0.15, 0.2) is 72.8 Å². The number of rotatable bonds is 11. The highest BCUT2D eigenvalue weighted by molar-refractivity contribution is 7.92. The monoisotopic (exact) mass is 555 g/mol. The molecule has 38 heavy (non-hydrogen) atoms. The summed E-state index contributed by atoms with van der Waals surface area (Å²) in [6, 6.07) is 20.8. The summed E-state index contributed by atoms with van der Waals surface area (Å²) in [5.74, 6) is -0.800. The van der Waals surface area contributed by atoms with Gasteiger partial charge in [-0.05, 0) is 67.3 Å². The molecule has 0 aliphatic heterocycles. The topological polar surface area (TPSA) is 86.8 Å². The number of anilines is 1. The summed E-state index contributed by atoms with van der Waals surface area (Å²) in [5.41, 5.74) is 3.96. The molecule has 0 aromatic heterocycles. The predicted molar refractivity (Wildman–Crippen MR) is 153 cm³/mol. The molecule has 0 bridgehead atoms. The van der Waals surface area contributed by atoms with E-state index in [2.05, 4.69) is 5.32 Å². The number of carbonyl (C=O) groups excluding carboxylic acids is 2. The number of halogens is 1. The first-order chi connectivity index (χ1) is 18.0. The molecule has 0 radical (unpaired) electrons. The van der Waals surface area contributed by atoms with Crippen molar-refractivity contribution >= 4 is 39.1 Å². The average Bonchev–Trinajstić information content (AvgIpc) is 2.87. The van der Waals surface area contributed by atoms with Crippen LogP contribution in [-0.4, -0.2) is 50.5 Å². The van der Waals surface area contributed by atoms with Gasteiger partial charge in [-0.15, -0.1) is 0 Å². The summed E-state index contributed by atoms with van der Waals surface area (Å²) in [6.45, 7) is 5.69. The van der Waals surface area contributed by atoms with Crippen LogP contribution in [0.1, 0.15) is 29.2 Å². The molecule has 9 heteroatoms. The fraction of sp³-hybridized carbons (Fsp3) is 0.310. The number of likely N-dealkylation sites (N-methyl/N-ethyl adjacent to an activating group) is 1. The summed E-state index contributed by atoms with van der Waals surface area (Å²) in [7, 11) is -3.80. The Morgan fingerprint density at radius 3 is 2.16 bits per heavy atom. The molecule has 0 aliphatic rings. The molecular formula is C29H34ClN3O4S. The molecule has 202 valence electrons. The van der Waals surface area contributed by atoms with E-state index in [9.17, 15) is 18.0 Å². The van der Waals surface area contributed by atoms with E-state index in [1.807, 2.05) is 57.2 Å². The average molecular weight is 556 g/mol. The summed E-state index contributed by atoms with van der Waals surface area (Å²) in [6.07, 6.45) is 1.35. The first-order valence-corrected chi connectivity index (χ1v) is 14.6. The van der Waals surface area contributed by atoms with Gasteiger partial charge in [-0.3, -0.25) is 13.9 Å². The van der Waals surface area contributed by atoms with Gasteiger partial charge in [0.15, 0.2) is 0 Å². The van der Waals surface area contributed by atoms with Crippen LogP contribution in [0, 0.1) is 13.8 Å². The number of hydrogen-bond donors (Lipinski definition) is 1. The zero-order chi connectivity index (χ0) is 27.9. The second kappa shape index (κ2) is 12.9. The Hall–Kier alpha value is -3.36. The number of amides is 2. The van der Waals surface area contributed by atoms with E-state index in [1.165, 1.54) is 4.90 Å². The highest BCUT2D eigenvalue weighted by Gasteiger charge is 2.32. The van der Waals surface area contributed by atoms with E-state index in [1.54, 1.807) is 36.4 Å². The molecule has 0 heterocycles. The maximum Gasteiger partial charge on any atom is 0.244 e. The molecule has 7 nitrogen and oxygen atoms in total. The van der Waals surface area contributed by atoms with Crippen LogP contribution in [0.3, 0.4) is 0 Å². The lowest BCUT2D eigenvalue weighted by molar-refractivity contribution is -0.140. The van der Waals surface area contributed by atoms with Crippen LogP contribution in [-0.2, 0) is 32.6 Å². The van der Waals surface area contributed by atoms with Crippen LogP contribution >= 0.6 is 11.6 Å². The van der Waals surface area contributed by atoms with Gasteiger partial charge in [0.2, 0.25) is 21.8 Å². The zero-order valence-electron chi connectivity index (χ0n) is 22.1. The van der Waals surface area contributed by atoms with E-state index in [-0.39, 0.29) is 18.9 Å². The first kappa shape index (κ1) is 29.2. The summed E-state index contributed by atoms with van der Waals surface area (Å²) in [5, 5.41) is 3.39. The fourth-order valence-corrected chi connectivity index (χ4v) is 5.09. The maximum absolute atomic E-state index is 14.0. The second-order valence-corrected chi connectivity index (χ2v) is 11.6. The van der Waals surface area contributed by atoms with Gasteiger partial charge in [0.25, 0.3) is 0 Å². The minimum atomic E-state index is -3.80. The Labute approximate surface area is 230 Å². The third kappa shape index (κ3) is 7.82. The van der Waals surface area contributed by atoms with Gasteiger partial charge in [-0.2, -0.15) is 0 Å². The third-order valence-electron chi connectivity index (χ3n) is 6.35. The van der Waals surface area contributed by atoms with Crippen LogP contribution < -0.4 is 9.62 Å². The smallest absolute Gasteiger partial charge is 0.244 e. The van der Waals surface area contributed by atoms with Gasteiger partial charge in [0.05, 0.1) is 11.9 Å². The lowest BCUT2D eigenvalue weighted by Crippen LogP contribution is -2.53. The Balaban J connectivity index is 2.04. The standard InChI is InChI=1S/C29H34ClN3O4S/c1-5-31-29(35)27(18-23-9-7-6-8-10-23)32(19-24-12-14-25(30)15-13-24)28(34)20-33(38(4,36)37)26-16-11-21(2)22(3)17-26/h6-17,27H,5,18-20H2,1-4H3,(H,31,35)/t27-/m0/s1. The zero-order valence-corrected chi connectivity index (χ0v) is 23.7. The van der Waals surface area contributed by atoms with Crippen LogP contribution in [0.2, 0.25) is 5.02 Å². The highest BCUT2D eigenvalue weighted by Crippen LogP contribution is 2.23. The SMILES string of the molecule is CCNC(=O)[C@H](Cc1ccccc1)N(Cc1ccc(Cl)cc1)C(=O)CN(c1ccc(C)c(C)c1)S(C)(=O)=O. The van der Waals surface area contributed by atoms with Gasteiger partial charge < -0.3 is 10.2 Å². The minimum Gasteiger partial charge on any atom is -0.355 e. The number of carbonyl (C=O) groups is 2. The number of aryl methyl sites for hydroxylation is 2. The molecule has 0 aliphatic carbocycles. The van der Waals surface area contributed by atoms with Gasteiger partial charge in [-0.1, -0.05) is 60.1 Å². The molecule has 0 unspecified atom stereocenters. The van der Waals surface area contributed by atoms with Gasteiger partial charge >= 0.3 is 0 Å². The lowest BCUT2D eigenvalue weighted by atomic mass is 10.0. The second-order valence-electron chi connectivity index (χ2n) is 9.29. The molecule has 0 saturated heterocycles. The highest BCUT2D eigenvalue weighted by atomic mass is 35.5. The third-order valence-corrected chi connectivity index (χ3v) is 7.74. The normalized spacial score (nSPS) is 12.0. The van der Waals surface area contributed by atoms with Crippen molar-refractivity contribution in [2.24, 2.45) is 0 Å². The number of sulfonamides is 1. The molecular weight excluding hydrogens is 522 g/mol. The van der Waals surface area contributed by atoms with Crippen LogP contribution in [0.4, 0.5) is 5.69 Å². The van der Waals surface area contributed by atoms with Crippen molar-refractivity contribution in [1.29, 1.82) is 0 Å². The van der Waals surface area contributed by atoms with Gasteiger partial charge in [-0.25, -0.2) is 8.42 Å². The molecule has 3 aromatic carbocycles. The molecule has 0 saturated carbocycles. The molecule has 3 rings (SSSR count). The number of hydrogen-bond acceptors (Lipinski definition) is 4. The molecule has 3 aromatic rings. The van der Waals surface area contributed by atoms with Crippen molar-refractivity contribution in [2.75, 3.05) is 23.7 Å². The van der Waals surface area contributed by atoms with E-state index in [0.717, 1.165) is 32.8 Å². The van der Waals surface area contributed by atoms with Crippen LogP contribution in [0.5, 0.6) is 0 Å². The van der Waals surface area contributed by atoms with Crippen molar-refractivity contribution in [3.05, 3.63) is 100 Å². The van der Waals surface area contributed by atoms with Crippen molar-refractivity contribution in [3.63, 3.8) is 0 Å². The largest absolute Gasteiger partial charge is 0.355 e. The fourth-order valence-electron chi connectivity index (χ4n) is 4.13. The van der Waals surface area contributed by atoms with Crippen molar-refractivity contribution in [2.45, 2.75) is 39.8 Å². The van der Waals surface area contributed by atoms with Crippen molar-refractivity contribution in [3.8, 4) is 0 Å². The Morgan fingerprint density at radius 1 is 0.921 bits per heavy atom. The van der Waals surface area contributed by atoms with Crippen LogP contribution in [0.25, 0.3) is 0 Å². The number of nitrogens with zero attached hydrogens (tertiary/aromatic N) is 2. The van der Waals surface area contributed by atoms with Gasteiger partial charge in [0, 0.05) is 24.5 Å². The Kier molecular flexibility index (Phi) is 9.94. The van der Waals surface area contributed by atoms with Crippen molar-refractivity contribution in [1.82, 2.24) is 10.2 Å². The maximum atomic E-state index is 14.0. The molecule has 1 atom stereocenters. The number of benzene rings is 3. The Morgan fingerprint density at radius 2 is 1.58 bits per heavy atom. The lowest BCUT2D eigenvalue weighted by Gasteiger charge is -2.33. The Bertz CT molecular complexity index is 1360. The molecule has 0 spiro atoms.